The van der Waals surface area contributed by atoms with Crippen molar-refractivity contribution < 1.29 is 23.8 Å². The SMILES string of the molecule is COc1ccc(-c2cn(-c3ccc(OC)c(OC)c3)c(NC(=O)CN(CC3CC3)C(=O)c3cccs3)n2)cc1. The molecule has 0 radical (unpaired) electrons. The second kappa shape index (κ2) is 11.6. The number of methoxy groups -OCH3 is 3. The van der Waals surface area contributed by atoms with Crippen molar-refractivity contribution in [1.82, 2.24) is 14.5 Å². The summed E-state index contributed by atoms with van der Waals surface area (Å²) in [5, 5.41) is 4.80. The number of carbonyl (C=O) groups excluding carboxylic acids is 2. The molecule has 2 aromatic heterocycles. The van der Waals surface area contributed by atoms with Crippen LogP contribution < -0.4 is 19.5 Å². The van der Waals surface area contributed by atoms with Gasteiger partial charge in [0.15, 0.2) is 11.5 Å². The number of ether oxygens (including phenoxy) is 3. The monoisotopic (exact) mass is 546 g/mol. The summed E-state index contributed by atoms with van der Waals surface area (Å²) >= 11 is 1.38. The van der Waals surface area contributed by atoms with Gasteiger partial charge in [-0.1, -0.05) is 6.07 Å². The second-order valence-electron chi connectivity index (χ2n) is 9.24. The highest BCUT2D eigenvalue weighted by Crippen LogP contribution is 2.33. The minimum absolute atomic E-state index is 0.0656. The lowest BCUT2D eigenvalue weighted by Gasteiger charge is -2.21. The molecule has 2 aromatic carbocycles. The van der Waals surface area contributed by atoms with Gasteiger partial charge in [-0.05, 0) is 66.6 Å². The number of aromatic nitrogens is 2. The fourth-order valence-electron chi connectivity index (χ4n) is 4.27. The lowest BCUT2D eigenvalue weighted by molar-refractivity contribution is -0.117. The summed E-state index contributed by atoms with van der Waals surface area (Å²) in [5.41, 5.74) is 2.24. The number of amides is 2. The molecule has 0 aliphatic heterocycles. The third-order valence-corrected chi connectivity index (χ3v) is 7.38. The Labute approximate surface area is 230 Å². The van der Waals surface area contributed by atoms with Crippen LogP contribution in [0.15, 0.2) is 66.2 Å². The van der Waals surface area contributed by atoms with Gasteiger partial charge >= 0.3 is 0 Å². The molecule has 2 amide bonds. The lowest BCUT2D eigenvalue weighted by Crippen LogP contribution is -2.39. The first-order valence-electron chi connectivity index (χ1n) is 12.6. The summed E-state index contributed by atoms with van der Waals surface area (Å²) in [6.07, 6.45) is 3.99. The average molecular weight is 547 g/mol. The standard InChI is InChI=1S/C29H30N4O5S/c1-36-22-11-8-20(9-12-22)23-17-33(21-10-13-24(37-2)25(15-21)38-3)29(30-23)31-27(34)18-32(16-19-6-7-19)28(35)26-5-4-14-39-26/h4-5,8-15,17,19H,6-7,16,18H2,1-3H3,(H,30,31,34). The molecule has 1 aliphatic carbocycles. The van der Waals surface area contributed by atoms with E-state index in [4.69, 9.17) is 19.2 Å². The molecule has 9 nitrogen and oxygen atoms in total. The van der Waals surface area contributed by atoms with Crippen molar-refractivity contribution in [2.45, 2.75) is 12.8 Å². The van der Waals surface area contributed by atoms with Crippen molar-refractivity contribution in [3.05, 3.63) is 71.1 Å². The topological polar surface area (TPSA) is 94.9 Å². The Kier molecular flexibility index (Phi) is 7.83. The zero-order chi connectivity index (χ0) is 27.4. The van der Waals surface area contributed by atoms with Crippen molar-refractivity contribution >= 4 is 29.1 Å². The van der Waals surface area contributed by atoms with Gasteiger partial charge in [0.2, 0.25) is 11.9 Å². The normalized spacial score (nSPS) is 12.6. The van der Waals surface area contributed by atoms with Crippen molar-refractivity contribution in [3.8, 4) is 34.2 Å². The smallest absolute Gasteiger partial charge is 0.264 e. The number of hydrogen-bond acceptors (Lipinski definition) is 7. The average Bonchev–Trinajstić information content (AvgIpc) is 3.43. The van der Waals surface area contributed by atoms with Crippen LogP contribution in [0.4, 0.5) is 5.95 Å². The molecule has 0 atom stereocenters. The Bertz CT molecular complexity index is 1450. The van der Waals surface area contributed by atoms with Gasteiger partial charge in [0, 0.05) is 24.4 Å². The number of thiophene rings is 1. The molecule has 0 saturated heterocycles. The Morgan fingerprint density at radius 3 is 2.44 bits per heavy atom. The predicted molar refractivity (Wildman–Crippen MR) is 150 cm³/mol. The van der Waals surface area contributed by atoms with Crippen LogP contribution in [0.3, 0.4) is 0 Å². The van der Waals surface area contributed by atoms with E-state index in [1.165, 1.54) is 11.3 Å². The second-order valence-corrected chi connectivity index (χ2v) is 10.2. The maximum atomic E-state index is 13.3. The van der Waals surface area contributed by atoms with Crippen LogP contribution in [0.2, 0.25) is 0 Å². The number of nitrogens with one attached hydrogen (secondary N) is 1. The molecule has 202 valence electrons. The highest BCUT2D eigenvalue weighted by molar-refractivity contribution is 7.12. The van der Waals surface area contributed by atoms with E-state index in [1.54, 1.807) is 42.9 Å². The minimum atomic E-state index is -0.325. The zero-order valence-corrected chi connectivity index (χ0v) is 22.9. The molecule has 1 fully saturated rings. The highest BCUT2D eigenvalue weighted by atomic mass is 32.1. The predicted octanol–water partition coefficient (Wildman–Crippen LogP) is 5.12. The van der Waals surface area contributed by atoms with Gasteiger partial charge in [0.1, 0.15) is 12.3 Å². The Hall–Kier alpha value is -4.31. The molecule has 39 heavy (non-hydrogen) atoms. The van der Waals surface area contributed by atoms with E-state index in [1.807, 2.05) is 54.0 Å². The molecule has 0 unspecified atom stereocenters. The molecule has 1 N–H and O–H groups in total. The maximum absolute atomic E-state index is 13.3. The Morgan fingerprint density at radius 2 is 1.79 bits per heavy atom. The number of carbonyl (C=O) groups is 2. The van der Waals surface area contributed by atoms with Crippen molar-refractivity contribution in [1.29, 1.82) is 0 Å². The van der Waals surface area contributed by atoms with Crippen LogP contribution >= 0.6 is 11.3 Å². The largest absolute Gasteiger partial charge is 0.497 e. The molecule has 1 saturated carbocycles. The van der Waals surface area contributed by atoms with Gasteiger partial charge in [-0.25, -0.2) is 4.98 Å². The molecule has 2 heterocycles. The Morgan fingerprint density at radius 1 is 1.03 bits per heavy atom. The van der Waals surface area contributed by atoms with E-state index in [0.29, 0.717) is 40.5 Å². The van der Waals surface area contributed by atoms with Gasteiger partial charge in [-0.3, -0.25) is 19.5 Å². The summed E-state index contributed by atoms with van der Waals surface area (Å²) in [6, 6.07) is 16.6. The minimum Gasteiger partial charge on any atom is -0.497 e. The number of anilines is 1. The molecular weight excluding hydrogens is 516 g/mol. The zero-order valence-electron chi connectivity index (χ0n) is 22.0. The number of hydrogen-bond donors (Lipinski definition) is 1. The van der Waals surface area contributed by atoms with Gasteiger partial charge in [-0.2, -0.15) is 0 Å². The van der Waals surface area contributed by atoms with E-state index in [-0.39, 0.29) is 18.4 Å². The van der Waals surface area contributed by atoms with Gasteiger partial charge < -0.3 is 19.1 Å². The van der Waals surface area contributed by atoms with Gasteiger partial charge in [0.05, 0.1) is 37.6 Å². The molecule has 0 bridgehead atoms. The number of imidazole rings is 1. The Balaban J connectivity index is 1.45. The van der Waals surface area contributed by atoms with Crippen molar-refractivity contribution in [2.75, 3.05) is 39.7 Å². The quantitative estimate of drug-likeness (QED) is 0.281. The van der Waals surface area contributed by atoms with Crippen molar-refractivity contribution in [2.24, 2.45) is 5.92 Å². The summed E-state index contributed by atoms with van der Waals surface area (Å²) in [4.78, 5) is 33.4. The van der Waals surface area contributed by atoms with Crippen LogP contribution in [0.1, 0.15) is 22.5 Å². The van der Waals surface area contributed by atoms with E-state index >= 15 is 0 Å². The van der Waals surface area contributed by atoms with Gasteiger partial charge in [-0.15, -0.1) is 11.3 Å². The van der Waals surface area contributed by atoms with Crippen LogP contribution in [-0.2, 0) is 4.79 Å². The molecule has 4 aromatic rings. The van der Waals surface area contributed by atoms with E-state index in [0.717, 1.165) is 29.8 Å². The van der Waals surface area contributed by atoms with E-state index in [9.17, 15) is 9.59 Å². The molecular formula is C29H30N4O5S. The fourth-order valence-corrected chi connectivity index (χ4v) is 4.96. The maximum Gasteiger partial charge on any atom is 0.264 e. The van der Waals surface area contributed by atoms with Crippen LogP contribution in [-0.4, -0.2) is 60.7 Å². The molecule has 1 aliphatic rings. The van der Waals surface area contributed by atoms with Crippen molar-refractivity contribution in [3.63, 3.8) is 0 Å². The first kappa shape index (κ1) is 26.3. The third kappa shape index (κ3) is 6.06. The molecule has 5 rings (SSSR count). The third-order valence-electron chi connectivity index (χ3n) is 6.52. The molecule has 10 heteroatoms. The summed E-state index contributed by atoms with van der Waals surface area (Å²) in [7, 11) is 4.76. The summed E-state index contributed by atoms with van der Waals surface area (Å²) in [6.45, 7) is 0.495. The fraction of sp³-hybridized carbons (Fsp3) is 0.276. The molecule has 0 spiro atoms. The summed E-state index contributed by atoms with van der Waals surface area (Å²) < 4.78 is 17.9. The van der Waals surface area contributed by atoms with E-state index in [2.05, 4.69) is 5.32 Å². The van der Waals surface area contributed by atoms with Crippen LogP contribution in [0.25, 0.3) is 16.9 Å². The number of rotatable bonds is 11. The number of nitrogens with zero attached hydrogens (tertiary/aromatic N) is 3. The van der Waals surface area contributed by atoms with Gasteiger partial charge in [0.25, 0.3) is 5.91 Å². The first-order valence-corrected chi connectivity index (χ1v) is 13.5. The lowest BCUT2D eigenvalue weighted by atomic mass is 10.1. The van der Waals surface area contributed by atoms with Crippen LogP contribution in [0.5, 0.6) is 17.2 Å². The van der Waals surface area contributed by atoms with E-state index < -0.39 is 0 Å². The van der Waals surface area contributed by atoms with Crippen LogP contribution in [0, 0.1) is 5.92 Å². The highest BCUT2D eigenvalue weighted by Gasteiger charge is 2.29. The summed E-state index contributed by atoms with van der Waals surface area (Å²) in [5.74, 6) is 2.18. The number of benzene rings is 2. The first-order chi connectivity index (χ1) is 19.0.